The minimum atomic E-state index is -0.210. The summed E-state index contributed by atoms with van der Waals surface area (Å²) in [7, 11) is 0. The average Bonchev–Trinajstić information content (AvgIpc) is 3.48. The first kappa shape index (κ1) is 28.4. The Morgan fingerprint density at radius 2 is 1.41 bits per heavy atom. The Hall–Kier alpha value is -4.13. The van der Waals surface area contributed by atoms with Gasteiger partial charge < -0.3 is 5.32 Å². The van der Waals surface area contributed by atoms with Gasteiger partial charge in [0.1, 0.15) is 16.5 Å². The summed E-state index contributed by atoms with van der Waals surface area (Å²) in [5.74, 6) is -0.169. The summed E-state index contributed by atoms with van der Waals surface area (Å²) < 4.78 is 14.7. The molecule has 6 heteroatoms. The molecule has 0 radical (unpaired) electrons. The van der Waals surface area contributed by atoms with Crippen LogP contribution in [0.25, 0.3) is 0 Å². The third kappa shape index (κ3) is 8.19. The van der Waals surface area contributed by atoms with Gasteiger partial charge in [0.05, 0.1) is 6.54 Å². The van der Waals surface area contributed by atoms with Gasteiger partial charge in [-0.15, -0.1) is 11.3 Å². The Bertz CT molecular complexity index is 1470. The highest BCUT2D eigenvalue weighted by Crippen LogP contribution is 2.29. The van der Waals surface area contributed by atoms with Crippen LogP contribution >= 0.6 is 11.3 Å². The normalized spacial score (nSPS) is 11.2. The molecular formula is C35H34FN3OS. The van der Waals surface area contributed by atoms with E-state index in [2.05, 4.69) is 75.9 Å². The van der Waals surface area contributed by atoms with E-state index in [-0.39, 0.29) is 17.6 Å². The Morgan fingerprint density at radius 1 is 0.805 bits per heavy atom. The van der Waals surface area contributed by atoms with Crippen LogP contribution < -0.4 is 5.32 Å². The smallest absolute Gasteiger partial charge is 0.270 e. The number of benzene rings is 4. The van der Waals surface area contributed by atoms with Gasteiger partial charge in [-0.05, 0) is 42.1 Å². The fourth-order valence-corrected chi connectivity index (χ4v) is 5.84. The van der Waals surface area contributed by atoms with Crippen molar-refractivity contribution >= 4 is 17.2 Å². The van der Waals surface area contributed by atoms with Crippen LogP contribution in [0.3, 0.4) is 0 Å². The molecule has 0 saturated heterocycles. The van der Waals surface area contributed by atoms with Crippen molar-refractivity contribution in [3.8, 4) is 0 Å². The highest BCUT2D eigenvalue weighted by molar-refractivity contribution is 7.09. The maximum absolute atomic E-state index is 14.7. The molecule has 1 heterocycles. The summed E-state index contributed by atoms with van der Waals surface area (Å²) >= 11 is 1.47. The van der Waals surface area contributed by atoms with Crippen LogP contribution in [-0.4, -0.2) is 28.9 Å². The Labute approximate surface area is 245 Å². The van der Waals surface area contributed by atoms with Gasteiger partial charge in [-0.1, -0.05) is 109 Å². The molecule has 0 unspecified atom stereocenters. The third-order valence-electron chi connectivity index (χ3n) is 7.17. The fourth-order valence-electron chi connectivity index (χ4n) is 5.02. The van der Waals surface area contributed by atoms with Crippen molar-refractivity contribution in [3.05, 3.63) is 159 Å². The lowest BCUT2D eigenvalue weighted by molar-refractivity contribution is 0.0949. The number of nitrogens with one attached hydrogen (secondary N) is 1. The molecule has 41 heavy (non-hydrogen) atoms. The molecule has 1 amide bonds. The molecule has 5 rings (SSSR count). The lowest BCUT2D eigenvalue weighted by atomic mass is 9.88. The van der Waals surface area contributed by atoms with Crippen LogP contribution in [-0.2, 0) is 19.5 Å². The van der Waals surface area contributed by atoms with Crippen molar-refractivity contribution in [3.63, 3.8) is 0 Å². The first-order valence-electron chi connectivity index (χ1n) is 14.0. The molecule has 0 aliphatic heterocycles. The molecule has 4 nitrogen and oxygen atoms in total. The van der Waals surface area contributed by atoms with Crippen molar-refractivity contribution in [1.82, 2.24) is 15.2 Å². The van der Waals surface area contributed by atoms with Crippen molar-refractivity contribution in [2.45, 2.75) is 31.8 Å². The Kier molecular flexibility index (Phi) is 10.0. The molecule has 0 fully saturated rings. The van der Waals surface area contributed by atoms with Crippen LogP contribution in [0.1, 0.15) is 50.1 Å². The molecule has 208 valence electrons. The lowest BCUT2D eigenvalue weighted by Crippen LogP contribution is -2.27. The molecule has 5 aromatic rings. The summed E-state index contributed by atoms with van der Waals surface area (Å²) in [4.78, 5) is 19.7. The van der Waals surface area contributed by atoms with Gasteiger partial charge in [0.15, 0.2) is 0 Å². The second kappa shape index (κ2) is 14.5. The summed E-state index contributed by atoms with van der Waals surface area (Å²) in [6.45, 7) is 2.28. The van der Waals surface area contributed by atoms with E-state index in [9.17, 15) is 9.18 Å². The molecule has 0 aliphatic carbocycles. The Balaban J connectivity index is 1.28. The van der Waals surface area contributed by atoms with Crippen molar-refractivity contribution in [2.24, 2.45) is 0 Å². The van der Waals surface area contributed by atoms with Crippen molar-refractivity contribution < 1.29 is 9.18 Å². The number of nitrogens with zero attached hydrogens (tertiary/aromatic N) is 2. The van der Waals surface area contributed by atoms with E-state index in [1.165, 1.54) is 34.1 Å². The second-order valence-corrected chi connectivity index (χ2v) is 11.0. The van der Waals surface area contributed by atoms with Crippen LogP contribution in [0.2, 0.25) is 0 Å². The molecule has 4 aromatic carbocycles. The van der Waals surface area contributed by atoms with Gasteiger partial charge in [-0.25, -0.2) is 9.37 Å². The van der Waals surface area contributed by atoms with Gasteiger partial charge in [0, 0.05) is 30.0 Å². The predicted octanol–water partition coefficient (Wildman–Crippen LogP) is 7.48. The number of halogens is 1. The third-order valence-corrected chi connectivity index (χ3v) is 8.01. The average molecular weight is 564 g/mol. The highest BCUT2D eigenvalue weighted by Gasteiger charge is 2.19. The molecule has 0 bridgehead atoms. The largest absolute Gasteiger partial charge is 0.350 e. The summed E-state index contributed by atoms with van der Waals surface area (Å²) in [5, 5.41) is 5.63. The Morgan fingerprint density at radius 3 is 2.07 bits per heavy atom. The first-order valence-corrected chi connectivity index (χ1v) is 14.9. The van der Waals surface area contributed by atoms with E-state index in [4.69, 9.17) is 0 Å². The number of hydrogen-bond donors (Lipinski definition) is 1. The van der Waals surface area contributed by atoms with E-state index in [0.29, 0.717) is 30.9 Å². The quantitative estimate of drug-likeness (QED) is 0.162. The van der Waals surface area contributed by atoms with Gasteiger partial charge in [0.25, 0.3) is 5.91 Å². The van der Waals surface area contributed by atoms with E-state index < -0.39 is 0 Å². The zero-order valence-corrected chi connectivity index (χ0v) is 23.8. The maximum atomic E-state index is 14.7. The van der Waals surface area contributed by atoms with E-state index in [1.54, 1.807) is 6.07 Å². The molecule has 0 spiro atoms. The van der Waals surface area contributed by atoms with Crippen LogP contribution in [0.4, 0.5) is 4.39 Å². The number of carbonyl (C=O) groups excluding carboxylic acids is 1. The monoisotopic (exact) mass is 563 g/mol. The van der Waals surface area contributed by atoms with Gasteiger partial charge in [0.2, 0.25) is 0 Å². The van der Waals surface area contributed by atoms with Gasteiger partial charge in [-0.3, -0.25) is 9.69 Å². The SMILES string of the molecule is O=C(NCCc1ccccc1)c1csc(CN(CCC(c2ccccc2)c2ccccc2)Cc2ccccc2F)n1. The number of aromatic nitrogens is 1. The lowest BCUT2D eigenvalue weighted by Gasteiger charge is -2.25. The molecule has 0 saturated carbocycles. The molecular weight excluding hydrogens is 529 g/mol. The predicted molar refractivity (Wildman–Crippen MR) is 164 cm³/mol. The summed E-state index contributed by atoms with van der Waals surface area (Å²) in [5.41, 5.74) is 4.77. The number of hydrogen-bond acceptors (Lipinski definition) is 4. The molecule has 1 aromatic heterocycles. The maximum Gasteiger partial charge on any atom is 0.270 e. The number of amides is 1. The van der Waals surface area contributed by atoms with Crippen molar-refractivity contribution in [2.75, 3.05) is 13.1 Å². The van der Waals surface area contributed by atoms with E-state index in [1.807, 2.05) is 47.8 Å². The van der Waals surface area contributed by atoms with Gasteiger partial charge in [-0.2, -0.15) is 0 Å². The van der Waals surface area contributed by atoms with Crippen LogP contribution in [0.15, 0.2) is 121 Å². The number of carbonyl (C=O) groups is 1. The van der Waals surface area contributed by atoms with E-state index >= 15 is 0 Å². The minimum absolute atomic E-state index is 0.169. The van der Waals surface area contributed by atoms with E-state index in [0.717, 1.165) is 24.4 Å². The number of thiazole rings is 1. The fraction of sp³-hybridized carbons (Fsp3) is 0.200. The summed E-state index contributed by atoms with van der Waals surface area (Å²) in [6, 6.07) is 38.1. The van der Waals surface area contributed by atoms with Crippen LogP contribution in [0.5, 0.6) is 0 Å². The topological polar surface area (TPSA) is 45.2 Å². The highest BCUT2D eigenvalue weighted by atomic mass is 32.1. The first-order chi connectivity index (χ1) is 20.2. The number of rotatable bonds is 13. The molecule has 0 atom stereocenters. The van der Waals surface area contributed by atoms with Crippen LogP contribution in [0, 0.1) is 5.82 Å². The van der Waals surface area contributed by atoms with Crippen molar-refractivity contribution in [1.29, 1.82) is 0 Å². The zero-order valence-electron chi connectivity index (χ0n) is 23.0. The van der Waals surface area contributed by atoms with Gasteiger partial charge >= 0.3 is 0 Å². The minimum Gasteiger partial charge on any atom is -0.350 e. The zero-order chi connectivity index (χ0) is 28.3. The standard InChI is InChI=1S/C35H34FN3OS/c36-32-19-11-10-18-30(32)24-39(23-21-31(28-14-6-2-7-15-28)29-16-8-3-9-17-29)25-34-38-33(26-41-34)35(40)37-22-20-27-12-4-1-5-13-27/h1-19,26,31H,20-25H2,(H,37,40). The summed E-state index contributed by atoms with van der Waals surface area (Å²) in [6.07, 6.45) is 1.63. The molecule has 1 N–H and O–H groups in total. The molecule has 0 aliphatic rings. The second-order valence-electron chi connectivity index (χ2n) is 10.1.